The van der Waals surface area contributed by atoms with Crippen molar-refractivity contribution in [3.05, 3.63) is 54.1 Å². The van der Waals surface area contributed by atoms with Crippen LogP contribution in [0.15, 0.2) is 48.5 Å². The first-order valence-electron chi connectivity index (χ1n) is 20.6. The molecule has 1 heterocycles. The van der Waals surface area contributed by atoms with Gasteiger partial charge in [-0.2, -0.15) is 0 Å². The van der Waals surface area contributed by atoms with Crippen LogP contribution in [-0.2, 0) is 34.4 Å². The third kappa shape index (κ3) is 18.0. The van der Waals surface area contributed by atoms with E-state index >= 15 is 0 Å². The van der Waals surface area contributed by atoms with Gasteiger partial charge in [0.1, 0.15) is 40.2 Å². The minimum atomic E-state index is -3.76. The zero-order valence-corrected chi connectivity index (χ0v) is 38.1. The van der Waals surface area contributed by atoms with E-state index in [0.29, 0.717) is 57.3 Å². The molecule has 0 radical (unpaired) electrons. The highest BCUT2D eigenvalue weighted by molar-refractivity contribution is 7.62. The molecule has 1 aliphatic rings. The van der Waals surface area contributed by atoms with Crippen molar-refractivity contribution in [1.82, 2.24) is 19.6 Å². The summed E-state index contributed by atoms with van der Waals surface area (Å²) in [5.74, 6) is 0.853. The second-order valence-corrected chi connectivity index (χ2v) is 19.2. The van der Waals surface area contributed by atoms with Gasteiger partial charge in [-0.05, 0) is 106 Å². The molecular weight excluding hydrogens is 779 g/mol. The summed E-state index contributed by atoms with van der Waals surface area (Å²) in [6, 6.07) is 14.9. The van der Waals surface area contributed by atoms with Gasteiger partial charge >= 0.3 is 25.9 Å². The molecule has 1 saturated heterocycles. The SMILES string of the molecule is CCOP(=O)(OCC)c1cc(OCc2ccccc2)ccc1OCCCN1CCN(C(=O)OC(C)(C)C)CCN(C(=O)OC(C)(C)C)CCN(C(=O)OC(C)(C)C)CC1. The fraction of sp³-hybridized carbons (Fsp3) is 0.651. The van der Waals surface area contributed by atoms with Crippen molar-refractivity contribution in [2.75, 3.05) is 78.7 Å². The Balaban J connectivity index is 1.84. The lowest BCUT2D eigenvalue weighted by molar-refractivity contribution is 0.00461. The van der Waals surface area contributed by atoms with Gasteiger partial charge in [-0.25, -0.2) is 14.4 Å². The minimum absolute atomic E-state index is 0.163. The Morgan fingerprint density at radius 2 is 1.05 bits per heavy atom. The van der Waals surface area contributed by atoms with Crippen LogP contribution >= 0.6 is 7.60 Å². The molecule has 16 heteroatoms. The molecule has 1 aliphatic heterocycles. The Morgan fingerprint density at radius 1 is 0.610 bits per heavy atom. The summed E-state index contributed by atoms with van der Waals surface area (Å²) in [6.45, 7) is 23.4. The number of hydrogen-bond acceptors (Lipinski definition) is 12. The third-order valence-electron chi connectivity index (χ3n) is 8.56. The smallest absolute Gasteiger partial charge is 0.410 e. The zero-order chi connectivity index (χ0) is 43.9. The molecule has 0 saturated carbocycles. The van der Waals surface area contributed by atoms with Gasteiger partial charge in [-0.15, -0.1) is 0 Å². The Bertz CT molecular complexity index is 1620. The van der Waals surface area contributed by atoms with Crippen LogP contribution in [0.2, 0.25) is 0 Å². The number of hydrogen-bond donors (Lipinski definition) is 0. The van der Waals surface area contributed by atoms with E-state index in [1.165, 1.54) is 4.90 Å². The monoisotopic (exact) mass is 848 g/mol. The minimum Gasteiger partial charge on any atom is -0.493 e. The molecule has 0 N–H and O–H groups in total. The molecular formula is C43H69N4O11P. The van der Waals surface area contributed by atoms with E-state index in [2.05, 4.69) is 4.90 Å². The predicted molar refractivity (Wildman–Crippen MR) is 228 cm³/mol. The van der Waals surface area contributed by atoms with Crippen molar-refractivity contribution >= 4 is 31.2 Å². The molecule has 59 heavy (non-hydrogen) atoms. The molecule has 0 atom stereocenters. The van der Waals surface area contributed by atoms with E-state index in [1.807, 2.05) is 71.9 Å². The number of carbonyl (C=O) groups excluding carboxylic acids is 3. The van der Waals surface area contributed by atoms with E-state index in [9.17, 15) is 18.9 Å². The van der Waals surface area contributed by atoms with E-state index < -0.39 is 42.7 Å². The van der Waals surface area contributed by atoms with E-state index in [1.54, 1.807) is 62.6 Å². The maximum Gasteiger partial charge on any atom is 0.410 e. The van der Waals surface area contributed by atoms with Gasteiger partial charge in [0.2, 0.25) is 0 Å². The van der Waals surface area contributed by atoms with Crippen LogP contribution < -0.4 is 14.8 Å². The Hall–Kier alpha value is -4.04. The van der Waals surface area contributed by atoms with Crippen molar-refractivity contribution in [2.24, 2.45) is 0 Å². The van der Waals surface area contributed by atoms with Crippen LogP contribution in [0.5, 0.6) is 11.5 Å². The van der Waals surface area contributed by atoms with Gasteiger partial charge in [0.25, 0.3) is 0 Å². The summed E-state index contributed by atoms with van der Waals surface area (Å²) in [6.07, 6.45) is -0.978. The average molecular weight is 849 g/mol. The largest absolute Gasteiger partial charge is 0.493 e. The highest BCUT2D eigenvalue weighted by atomic mass is 31.2. The Labute approximate surface area is 352 Å². The van der Waals surface area contributed by atoms with Crippen LogP contribution in [0.1, 0.15) is 88.1 Å². The average Bonchev–Trinajstić information content (AvgIpc) is 3.12. The van der Waals surface area contributed by atoms with Gasteiger partial charge < -0.3 is 47.4 Å². The maximum atomic E-state index is 14.1. The molecule has 0 aromatic heterocycles. The Morgan fingerprint density at radius 3 is 1.47 bits per heavy atom. The second-order valence-electron chi connectivity index (χ2n) is 17.2. The highest BCUT2D eigenvalue weighted by Crippen LogP contribution is 2.50. The van der Waals surface area contributed by atoms with Crippen LogP contribution in [-0.4, -0.2) is 133 Å². The molecule has 2 aromatic rings. The van der Waals surface area contributed by atoms with E-state index in [4.69, 9.17) is 32.7 Å². The molecule has 332 valence electrons. The van der Waals surface area contributed by atoms with Gasteiger partial charge in [0, 0.05) is 58.9 Å². The summed E-state index contributed by atoms with van der Waals surface area (Å²) in [7, 11) is -3.76. The second kappa shape index (κ2) is 22.5. The van der Waals surface area contributed by atoms with Crippen molar-refractivity contribution in [3.8, 4) is 11.5 Å². The number of carbonyl (C=O) groups is 3. The van der Waals surface area contributed by atoms with Crippen molar-refractivity contribution in [2.45, 2.75) is 106 Å². The lowest BCUT2D eigenvalue weighted by Gasteiger charge is -2.35. The lowest BCUT2D eigenvalue weighted by atomic mass is 10.2. The van der Waals surface area contributed by atoms with Crippen LogP contribution in [0.3, 0.4) is 0 Å². The Kier molecular flexibility index (Phi) is 18.8. The fourth-order valence-corrected chi connectivity index (χ4v) is 7.58. The van der Waals surface area contributed by atoms with Gasteiger partial charge in [0.15, 0.2) is 0 Å². The van der Waals surface area contributed by atoms with E-state index in [0.717, 1.165) is 5.56 Å². The third-order valence-corrected chi connectivity index (χ3v) is 10.7. The predicted octanol–water partition coefficient (Wildman–Crippen LogP) is 7.95. The summed E-state index contributed by atoms with van der Waals surface area (Å²) in [5, 5.41) is 0.277. The molecule has 3 amide bonds. The highest BCUT2D eigenvalue weighted by Gasteiger charge is 2.33. The number of ether oxygens (including phenoxy) is 5. The quantitative estimate of drug-likeness (QED) is 0.110. The van der Waals surface area contributed by atoms with Gasteiger partial charge in [-0.1, -0.05) is 30.3 Å². The summed E-state index contributed by atoms with van der Waals surface area (Å²) in [4.78, 5) is 47.2. The summed E-state index contributed by atoms with van der Waals surface area (Å²) in [5.41, 5.74) is -1.21. The fourth-order valence-electron chi connectivity index (χ4n) is 5.86. The lowest BCUT2D eigenvalue weighted by Crippen LogP contribution is -2.51. The summed E-state index contributed by atoms with van der Waals surface area (Å²) >= 11 is 0. The van der Waals surface area contributed by atoms with Crippen molar-refractivity contribution < 1.29 is 51.7 Å². The molecule has 3 rings (SSSR count). The van der Waals surface area contributed by atoms with Crippen molar-refractivity contribution in [1.29, 1.82) is 0 Å². The van der Waals surface area contributed by atoms with Crippen LogP contribution in [0.4, 0.5) is 14.4 Å². The van der Waals surface area contributed by atoms with Crippen LogP contribution in [0.25, 0.3) is 0 Å². The normalized spacial score (nSPS) is 15.5. The van der Waals surface area contributed by atoms with E-state index in [-0.39, 0.29) is 51.3 Å². The topological polar surface area (TPSA) is 146 Å². The molecule has 0 unspecified atom stereocenters. The first-order valence-corrected chi connectivity index (χ1v) is 22.1. The maximum absolute atomic E-state index is 14.1. The zero-order valence-electron chi connectivity index (χ0n) is 37.2. The summed E-state index contributed by atoms with van der Waals surface area (Å²) < 4.78 is 55.1. The number of amides is 3. The molecule has 0 aliphatic carbocycles. The van der Waals surface area contributed by atoms with Gasteiger partial charge in [-0.3, -0.25) is 9.46 Å². The number of rotatable bonds is 13. The molecule has 0 spiro atoms. The molecule has 1 fully saturated rings. The molecule has 2 aromatic carbocycles. The first-order chi connectivity index (χ1) is 27.6. The van der Waals surface area contributed by atoms with Gasteiger partial charge in [0.05, 0.1) is 19.8 Å². The standard InChI is InChI=1S/C43H69N4O11P/c1-12-54-59(51,55-13-2)37-32-35(53-33-34-18-15-14-16-19-34)20-21-36(37)52-31-17-22-44-23-25-45(38(48)56-41(3,4)5)27-29-47(40(50)58-43(9,10)11)30-28-46(26-24-44)39(49)57-42(6,7)8/h14-16,18-21,32H,12-13,17,22-31,33H2,1-11H3. The number of nitrogens with zero attached hydrogens (tertiary/aromatic N) is 4. The number of benzene rings is 2. The van der Waals surface area contributed by atoms with Crippen LogP contribution in [0, 0.1) is 0 Å². The first kappa shape index (κ1) is 49.3. The molecule has 15 nitrogen and oxygen atoms in total. The molecule has 0 bridgehead atoms. The van der Waals surface area contributed by atoms with Crippen molar-refractivity contribution in [3.63, 3.8) is 0 Å².